The van der Waals surface area contributed by atoms with Gasteiger partial charge in [-0.1, -0.05) is 35.3 Å². The highest BCUT2D eigenvalue weighted by Crippen LogP contribution is 2.59. The summed E-state index contributed by atoms with van der Waals surface area (Å²) in [6.45, 7) is 0.657. The monoisotopic (exact) mass is 584 g/mol. The highest BCUT2D eigenvalue weighted by molar-refractivity contribution is 7.98. The van der Waals surface area contributed by atoms with Gasteiger partial charge in [-0.25, -0.2) is 14.2 Å². The molecule has 6 nitrogen and oxygen atoms in total. The zero-order valence-corrected chi connectivity index (χ0v) is 23.9. The largest absolute Gasteiger partial charge is 0.453 e. The number of nitrogens with zero attached hydrogens (tertiary/aromatic N) is 4. The first-order valence-electron chi connectivity index (χ1n) is 13.3. The highest BCUT2D eigenvalue weighted by atomic mass is 35.5. The number of benzene rings is 1. The Morgan fingerprint density at radius 1 is 1.18 bits per heavy atom. The van der Waals surface area contributed by atoms with Crippen LogP contribution in [-0.4, -0.2) is 45.4 Å². The maximum atomic E-state index is 16.3. The zero-order chi connectivity index (χ0) is 27.0. The number of halogens is 3. The summed E-state index contributed by atoms with van der Waals surface area (Å²) in [4.78, 5) is 24.0. The molecule has 1 amide bonds. The van der Waals surface area contributed by atoms with E-state index in [1.54, 1.807) is 24.4 Å². The van der Waals surface area contributed by atoms with Crippen molar-refractivity contribution in [3.05, 3.63) is 52.0 Å². The Bertz CT molecular complexity index is 1650. The summed E-state index contributed by atoms with van der Waals surface area (Å²) in [5.41, 5.74) is 2.86. The summed E-state index contributed by atoms with van der Waals surface area (Å²) in [5.74, 6) is 0.651. The Kier molecular flexibility index (Phi) is 6.21. The Morgan fingerprint density at radius 3 is 2.69 bits per heavy atom. The van der Waals surface area contributed by atoms with E-state index in [0.29, 0.717) is 40.4 Å². The molecule has 4 atom stereocenters. The molecular formula is C29H27Cl2FN4O2S. The smallest absolute Gasteiger partial charge is 0.410 e. The first-order valence-corrected chi connectivity index (χ1v) is 15.3. The van der Waals surface area contributed by atoms with E-state index in [0.717, 1.165) is 34.5 Å². The molecule has 8 rings (SSSR count). The Morgan fingerprint density at radius 2 is 1.97 bits per heavy atom. The van der Waals surface area contributed by atoms with Gasteiger partial charge >= 0.3 is 6.09 Å². The molecular weight excluding hydrogens is 558 g/mol. The minimum Gasteiger partial charge on any atom is -0.453 e. The lowest BCUT2D eigenvalue weighted by Gasteiger charge is -2.40. The van der Waals surface area contributed by atoms with Crippen LogP contribution in [0.5, 0.6) is 0 Å². The van der Waals surface area contributed by atoms with Crippen molar-refractivity contribution in [1.82, 2.24) is 19.4 Å². The number of likely N-dealkylation sites (tertiary alicyclic amines) is 1. The van der Waals surface area contributed by atoms with E-state index >= 15 is 4.39 Å². The van der Waals surface area contributed by atoms with E-state index in [-0.39, 0.29) is 28.4 Å². The lowest BCUT2D eigenvalue weighted by Crippen LogP contribution is -2.35. The predicted molar refractivity (Wildman–Crippen MR) is 153 cm³/mol. The maximum absolute atomic E-state index is 16.3. The SMILES string of the molecule is COC(=O)N1CCC[C@@H]1c1cc2c(SC)nc3c(F)c(-c4cccc(Cl)c4Cl)ncc3c2n1C1[C@@H]2CC[C@H]1C2. The summed E-state index contributed by atoms with van der Waals surface area (Å²) in [6, 6.07) is 7.52. The minimum atomic E-state index is -0.517. The number of pyridine rings is 2. The molecule has 1 aliphatic heterocycles. The van der Waals surface area contributed by atoms with Crippen molar-refractivity contribution in [1.29, 1.82) is 0 Å². The van der Waals surface area contributed by atoms with Crippen LogP contribution in [0.25, 0.3) is 33.1 Å². The summed E-state index contributed by atoms with van der Waals surface area (Å²) < 4.78 is 23.9. The Labute approximate surface area is 239 Å². The standard InChI is InChI=1S/C29H27Cl2FN4O2S/c1-38-29(37)35-10-4-7-20(35)21-12-17-27(36(21)26-14-8-9-15(26)11-14)18-13-33-24(16-5-3-6-19(30)22(16)31)23(32)25(18)34-28(17)39-2/h3,5-6,12-15,20,26H,4,7-11H2,1-2H3/t14-,15+,20-,26?/m1/s1. The fraction of sp³-hybridized carbons (Fsp3) is 0.414. The van der Waals surface area contributed by atoms with Crippen LogP contribution in [-0.2, 0) is 4.74 Å². The summed E-state index contributed by atoms with van der Waals surface area (Å²) in [6.07, 6.45) is 8.75. The molecule has 39 heavy (non-hydrogen) atoms. The lowest BCUT2D eigenvalue weighted by atomic mass is 9.78. The second-order valence-corrected chi connectivity index (χ2v) is 12.3. The first-order chi connectivity index (χ1) is 18.9. The van der Waals surface area contributed by atoms with Gasteiger partial charge in [0.05, 0.1) is 28.7 Å². The first kappa shape index (κ1) is 25.4. The quantitative estimate of drug-likeness (QED) is 0.226. The molecule has 0 spiro atoms. The molecule has 0 radical (unpaired) electrons. The fourth-order valence-corrected chi connectivity index (χ4v) is 8.15. The van der Waals surface area contributed by atoms with Crippen LogP contribution >= 0.6 is 35.0 Å². The van der Waals surface area contributed by atoms with Gasteiger partial charge < -0.3 is 9.30 Å². The molecule has 4 aliphatic rings. The molecule has 3 aliphatic carbocycles. The van der Waals surface area contributed by atoms with Gasteiger partial charge in [-0.05, 0) is 62.3 Å². The number of carbonyl (C=O) groups excluding carboxylic acids is 1. The molecule has 3 saturated carbocycles. The molecule has 2 bridgehead atoms. The second kappa shape index (κ2) is 9.53. The van der Waals surface area contributed by atoms with Crippen molar-refractivity contribution in [2.75, 3.05) is 19.9 Å². The average Bonchev–Trinajstić information content (AvgIpc) is 3.74. The van der Waals surface area contributed by atoms with E-state index in [1.165, 1.54) is 38.1 Å². The molecule has 4 fully saturated rings. The van der Waals surface area contributed by atoms with Gasteiger partial charge in [-0.2, -0.15) is 0 Å². The van der Waals surface area contributed by atoms with E-state index in [4.69, 9.17) is 32.9 Å². The van der Waals surface area contributed by atoms with Gasteiger partial charge in [0, 0.05) is 40.8 Å². The number of thioether (sulfide) groups is 1. The van der Waals surface area contributed by atoms with Crippen LogP contribution in [0.3, 0.4) is 0 Å². The van der Waals surface area contributed by atoms with Crippen LogP contribution in [0.4, 0.5) is 9.18 Å². The van der Waals surface area contributed by atoms with Crippen LogP contribution < -0.4 is 0 Å². The normalized spacial score (nSPS) is 24.1. The molecule has 4 aromatic rings. The number of aromatic nitrogens is 3. The third kappa shape index (κ3) is 3.71. The van der Waals surface area contributed by atoms with Crippen molar-refractivity contribution in [2.45, 2.75) is 49.2 Å². The third-order valence-corrected chi connectivity index (χ3v) is 10.5. The summed E-state index contributed by atoms with van der Waals surface area (Å²) >= 11 is 14.2. The van der Waals surface area contributed by atoms with Gasteiger partial charge in [0.2, 0.25) is 0 Å². The number of carbonyl (C=O) groups is 1. The molecule has 0 N–H and O–H groups in total. The van der Waals surface area contributed by atoms with Gasteiger partial charge in [-0.15, -0.1) is 11.8 Å². The van der Waals surface area contributed by atoms with Crippen LogP contribution in [0.1, 0.15) is 49.9 Å². The molecule has 1 aromatic carbocycles. The lowest BCUT2D eigenvalue weighted by molar-refractivity contribution is 0.113. The van der Waals surface area contributed by atoms with Crippen LogP contribution in [0, 0.1) is 17.7 Å². The van der Waals surface area contributed by atoms with Gasteiger partial charge in [-0.3, -0.25) is 9.88 Å². The predicted octanol–water partition coefficient (Wildman–Crippen LogP) is 8.29. The number of methoxy groups -OCH3 is 1. The number of fused-ring (bicyclic) bond motifs is 4. The summed E-state index contributed by atoms with van der Waals surface area (Å²) in [7, 11) is 1.43. The van der Waals surface area contributed by atoms with Crippen LogP contribution in [0.15, 0.2) is 35.5 Å². The molecule has 4 heterocycles. The van der Waals surface area contributed by atoms with E-state index in [2.05, 4.69) is 15.6 Å². The third-order valence-electron chi connectivity index (χ3n) is 8.94. The minimum absolute atomic E-state index is 0.100. The Balaban J connectivity index is 1.52. The highest BCUT2D eigenvalue weighted by Gasteiger charge is 2.50. The zero-order valence-electron chi connectivity index (χ0n) is 21.6. The van der Waals surface area contributed by atoms with Crippen molar-refractivity contribution >= 4 is 62.9 Å². The van der Waals surface area contributed by atoms with Crippen molar-refractivity contribution in [3.8, 4) is 11.3 Å². The van der Waals surface area contributed by atoms with E-state index < -0.39 is 5.82 Å². The van der Waals surface area contributed by atoms with Gasteiger partial charge in [0.25, 0.3) is 0 Å². The number of rotatable bonds is 4. The Hall–Kier alpha value is -2.55. The van der Waals surface area contributed by atoms with Gasteiger partial charge in [0.15, 0.2) is 5.82 Å². The van der Waals surface area contributed by atoms with E-state index in [9.17, 15) is 4.79 Å². The molecule has 3 aromatic heterocycles. The number of hydrogen-bond acceptors (Lipinski definition) is 5. The topological polar surface area (TPSA) is 60.2 Å². The van der Waals surface area contributed by atoms with Gasteiger partial charge in [0.1, 0.15) is 16.2 Å². The molecule has 1 unspecified atom stereocenters. The number of hydrogen-bond donors (Lipinski definition) is 0. The average molecular weight is 586 g/mol. The molecule has 10 heteroatoms. The van der Waals surface area contributed by atoms with Crippen molar-refractivity contribution < 1.29 is 13.9 Å². The van der Waals surface area contributed by atoms with Crippen molar-refractivity contribution in [2.24, 2.45) is 11.8 Å². The summed E-state index contributed by atoms with van der Waals surface area (Å²) in [5, 5.41) is 3.00. The second-order valence-electron chi connectivity index (χ2n) is 10.8. The van der Waals surface area contributed by atoms with Crippen LogP contribution in [0.2, 0.25) is 10.0 Å². The maximum Gasteiger partial charge on any atom is 0.410 e. The number of ether oxygens (including phenoxy) is 1. The van der Waals surface area contributed by atoms with Crippen molar-refractivity contribution in [3.63, 3.8) is 0 Å². The number of amides is 1. The fourth-order valence-electron chi connectivity index (χ4n) is 7.21. The molecule has 202 valence electrons. The molecule has 1 saturated heterocycles. The van der Waals surface area contributed by atoms with E-state index in [1.807, 2.05) is 11.2 Å².